The molecule has 2 amide bonds. The highest BCUT2D eigenvalue weighted by atomic mass is 16.5. The molecule has 5 nitrogen and oxygen atoms in total. The Morgan fingerprint density at radius 3 is 2.92 bits per heavy atom. The van der Waals surface area contributed by atoms with Gasteiger partial charge in [0.2, 0.25) is 5.91 Å². The number of hydrogen-bond acceptors (Lipinski definition) is 3. The van der Waals surface area contributed by atoms with Crippen molar-refractivity contribution in [1.29, 1.82) is 0 Å². The molecule has 0 aliphatic carbocycles. The molecule has 2 aromatic rings. The van der Waals surface area contributed by atoms with Crippen LogP contribution in [-0.2, 0) is 11.3 Å². The summed E-state index contributed by atoms with van der Waals surface area (Å²) in [5.74, 6) is 0.935. The van der Waals surface area contributed by atoms with Gasteiger partial charge in [-0.2, -0.15) is 0 Å². The first-order chi connectivity index (χ1) is 12.7. The Labute approximate surface area is 153 Å². The maximum absolute atomic E-state index is 12.7. The molecule has 0 spiro atoms. The van der Waals surface area contributed by atoms with Gasteiger partial charge in [0.05, 0.1) is 12.6 Å². The van der Waals surface area contributed by atoms with E-state index in [2.05, 4.69) is 5.32 Å². The second-order valence-corrected chi connectivity index (χ2v) is 6.82. The molecule has 5 heteroatoms. The molecule has 2 aromatic carbocycles. The predicted molar refractivity (Wildman–Crippen MR) is 97.9 cm³/mol. The Morgan fingerprint density at radius 2 is 2.08 bits per heavy atom. The third-order valence-electron chi connectivity index (χ3n) is 5.00. The molecule has 0 bridgehead atoms. The molecule has 26 heavy (non-hydrogen) atoms. The molecule has 0 unspecified atom stereocenters. The van der Waals surface area contributed by atoms with Crippen molar-refractivity contribution in [2.45, 2.75) is 31.8 Å². The van der Waals surface area contributed by atoms with E-state index < -0.39 is 0 Å². The summed E-state index contributed by atoms with van der Waals surface area (Å²) in [5.41, 5.74) is 2.63. The fourth-order valence-corrected chi connectivity index (χ4v) is 3.64. The fourth-order valence-electron chi connectivity index (χ4n) is 3.64. The summed E-state index contributed by atoms with van der Waals surface area (Å²) in [4.78, 5) is 26.4. The van der Waals surface area contributed by atoms with Crippen LogP contribution in [0.3, 0.4) is 0 Å². The highest BCUT2D eigenvalue weighted by Crippen LogP contribution is 2.31. The summed E-state index contributed by atoms with van der Waals surface area (Å²) in [7, 11) is 0. The van der Waals surface area contributed by atoms with Crippen molar-refractivity contribution in [3.63, 3.8) is 0 Å². The van der Waals surface area contributed by atoms with E-state index >= 15 is 0 Å². The molecule has 1 saturated heterocycles. The van der Waals surface area contributed by atoms with E-state index in [0.717, 1.165) is 36.3 Å². The van der Waals surface area contributed by atoms with Gasteiger partial charge in [-0.3, -0.25) is 9.59 Å². The lowest BCUT2D eigenvalue weighted by molar-refractivity contribution is -0.128. The number of nitrogens with zero attached hydrogens (tertiary/aromatic N) is 1. The van der Waals surface area contributed by atoms with Gasteiger partial charge in [0.15, 0.2) is 0 Å². The summed E-state index contributed by atoms with van der Waals surface area (Å²) < 4.78 is 5.66. The van der Waals surface area contributed by atoms with E-state index in [1.165, 1.54) is 0 Å². The molecule has 0 radical (unpaired) electrons. The minimum Gasteiger partial charge on any atom is -0.493 e. The van der Waals surface area contributed by atoms with Crippen molar-refractivity contribution in [2.75, 3.05) is 13.2 Å². The van der Waals surface area contributed by atoms with Crippen LogP contribution in [0.5, 0.6) is 5.75 Å². The number of hydrogen-bond donors (Lipinski definition) is 1. The molecule has 4 rings (SSSR count). The average Bonchev–Trinajstić information content (AvgIpc) is 3.07. The first kappa shape index (κ1) is 16.6. The third kappa shape index (κ3) is 3.43. The van der Waals surface area contributed by atoms with Gasteiger partial charge in [-0.25, -0.2) is 0 Å². The monoisotopic (exact) mass is 350 g/mol. The van der Waals surface area contributed by atoms with E-state index in [1.54, 1.807) is 0 Å². The Hall–Kier alpha value is -2.82. The topological polar surface area (TPSA) is 58.6 Å². The number of benzene rings is 2. The SMILES string of the molecule is O=C(N[C@H]1CCOc2ccccc21)c1cccc(CN2CCCC2=O)c1. The molecule has 2 aliphatic rings. The van der Waals surface area contributed by atoms with Crippen LogP contribution in [0.15, 0.2) is 48.5 Å². The molecule has 134 valence electrons. The van der Waals surface area contributed by atoms with Crippen LogP contribution in [0.1, 0.15) is 46.8 Å². The zero-order chi connectivity index (χ0) is 17.9. The van der Waals surface area contributed by atoms with E-state index in [9.17, 15) is 9.59 Å². The van der Waals surface area contributed by atoms with Crippen LogP contribution in [0.25, 0.3) is 0 Å². The fraction of sp³-hybridized carbons (Fsp3) is 0.333. The number of fused-ring (bicyclic) bond motifs is 1. The lowest BCUT2D eigenvalue weighted by atomic mass is 10.00. The lowest BCUT2D eigenvalue weighted by Gasteiger charge is -2.26. The van der Waals surface area contributed by atoms with Crippen molar-refractivity contribution < 1.29 is 14.3 Å². The molecule has 2 aliphatic heterocycles. The van der Waals surface area contributed by atoms with E-state index in [1.807, 2.05) is 53.4 Å². The average molecular weight is 350 g/mol. The molecular weight excluding hydrogens is 328 g/mol. The molecule has 1 fully saturated rings. The van der Waals surface area contributed by atoms with Crippen LogP contribution >= 0.6 is 0 Å². The van der Waals surface area contributed by atoms with Gasteiger partial charge in [-0.05, 0) is 30.2 Å². The standard InChI is InChI=1S/C21H22N2O3/c24-20-9-4-11-23(20)14-15-5-3-6-16(13-15)21(25)22-18-10-12-26-19-8-2-1-7-17(18)19/h1-3,5-8,13,18H,4,9-12,14H2,(H,22,25)/t18-/m0/s1. The predicted octanol–water partition coefficient (Wildman–Crippen LogP) is 3.06. The summed E-state index contributed by atoms with van der Waals surface area (Å²) >= 11 is 0. The minimum absolute atomic E-state index is 0.0451. The second-order valence-electron chi connectivity index (χ2n) is 6.82. The normalized spacial score (nSPS) is 19.0. The number of rotatable bonds is 4. The third-order valence-corrected chi connectivity index (χ3v) is 5.00. The second kappa shape index (κ2) is 7.20. The van der Waals surface area contributed by atoms with E-state index in [-0.39, 0.29) is 17.9 Å². The smallest absolute Gasteiger partial charge is 0.251 e. The number of carbonyl (C=O) groups is 2. The molecular formula is C21H22N2O3. The Bertz CT molecular complexity index is 834. The van der Waals surface area contributed by atoms with Gasteiger partial charge in [0.25, 0.3) is 5.91 Å². The van der Waals surface area contributed by atoms with Crippen molar-refractivity contribution in [3.8, 4) is 5.75 Å². The van der Waals surface area contributed by atoms with Crippen molar-refractivity contribution >= 4 is 11.8 Å². The van der Waals surface area contributed by atoms with Crippen LogP contribution in [0.4, 0.5) is 0 Å². The first-order valence-corrected chi connectivity index (χ1v) is 9.10. The summed E-state index contributed by atoms with van der Waals surface area (Å²) in [6.07, 6.45) is 2.30. The van der Waals surface area contributed by atoms with Crippen molar-refractivity contribution in [3.05, 3.63) is 65.2 Å². The van der Waals surface area contributed by atoms with Gasteiger partial charge >= 0.3 is 0 Å². The van der Waals surface area contributed by atoms with E-state index in [4.69, 9.17) is 4.74 Å². The van der Waals surface area contributed by atoms with E-state index in [0.29, 0.717) is 25.1 Å². The highest BCUT2D eigenvalue weighted by Gasteiger charge is 2.24. The van der Waals surface area contributed by atoms with Crippen LogP contribution in [0, 0.1) is 0 Å². The summed E-state index contributed by atoms with van der Waals surface area (Å²) in [6, 6.07) is 15.3. The number of amides is 2. The van der Waals surface area contributed by atoms with Gasteiger partial charge < -0.3 is 15.0 Å². The molecule has 0 saturated carbocycles. The Kier molecular flexibility index (Phi) is 4.61. The lowest BCUT2D eigenvalue weighted by Crippen LogP contribution is -2.32. The van der Waals surface area contributed by atoms with Crippen LogP contribution in [-0.4, -0.2) is 29.9 Å². The van der Waals surface area contributed by atoms with Gasteiger partial charge in [0, 0.05) is 37.1 Å². The summed E-state index contributed by atoms with van der Waals surface area (Å²) in [5, 5.41) is 3.12. The number of carbonyl (C=O) groups excluding carboxylic acids is 2. The molecule has 1 atom stereocenters. The quantitative estimate of drug-likeness (QED) is 0.922. The highest BCUT2D eigenvalue weighted by molar-refractivity contribution is 5.94. The van der Waals surface area contributed by atoms with Crippen LogP contribution < -0.4 is 10.1 Å². The zero-order valence-electron chi connectivity index (χ0n) is 14.6. The number of para-hydroxylation sites is 1. The van der Waals surface area contributed by atoms with Gasteiger partial charge in [0.1, 0.15) is 5.75 Å². The largest absolute Gasteiger partial charge is 0.493 e. The zero-order valence-corrected chi connectivity index (χ0v) is 14.6. The van der Waals surface area contributed by atoms with Crippen molar-refractivity contribution in [2.24, 2.45) is 0 Å². The van der Waals surface area contributed by atoms with Gasteiger partial charge in [-0.15, -0.1) is 0 Å². The maximum atomic E-state index is 12.7. The minimum atomic E-state index is -0.0960. The molecule has 1 N–H and O–H groups in total. The van der Waals surface area contributed by atoms with Crippen LogP contribution in [0.2, 0.25) is 0 Å². The maximum Gasteiger partial charge on any atom is 0.251 e. The Balaban J connectivity index is 1.47. The molecule has 2 heterocycles. The van der Waals surface area contributed by atoms with Crippen molar-refractivity contribution in [1.82, 2.24) is 10.2 Å². The molecule has 0 aromatic heterocycles. The number of nitrogens with one attached hydrogen (secondary N) is 1. The number of ether oxygens (including phenoxy) is 1. The summed E-state index contributed by atoms with van der Waals surface area (Å²) in [6.45, 7) is 1.97. The Morgan fingerprint density at radius 1 is 1.19 bits per heavy atom. The van der Waals surface area contributed by atoms with Gasteiger partial charge in [-0.1, -0.05) is 30.3 Å². The number of likely N-dealkylation sites (tertiary alicyclic amines) is 1. The first-order valence-electron chi connectivity index (χ1n) is 9.10.